The predicted molar refractivity (Wildman–Crippen MR) is 50.4 cm³/mol. The molecule has 0 bridgehead atoms. The Morgan fingerprint density at radius 3 is 2.46 bits per heavy atom. The summed E-state index contributed by atoms with van der Waals surface area (Å²) in [5.74, 6) is 0. The second-order valence-electron chi connectivity index (χ2n) is 3.52. The fourth-order valence-electron chi connectivity index (χ4n) is 1.41. The van der Waals surface area contributed by atoms with Gasteiger partial charge in [0, 0.05) is 5.56 Å². The molecule has 0 saturated carbocycles. The highest BCUT2D eigenvalue weighted by molar-refractivity contribution is 5.22. The van der Waals surface area contributed by atoms with Crippen molar-refractivity contribution >= 4 is 0 Å². The van der Waals surface area contributed by atoms with Crippen LogP contribution in [0.2, 0.25) is 0 Å². The SMILES string of the molecule is Cc1ccc([C@H]2OC[C@H](C)O2)cc1. The molecule has 70 valence electrons. The minimum absolute atomic E-state index is 0.157. The summed E-state index contributed by atoms with van der Waals surface area (Å²) in [5, 5.41) is 0. The molecule has 1 aliphatic heterocycles. The summed E-state index contributed by atoms with van der Waals surface area (Å²) in [6.45, 7) is 4.79. The average Bonchev–Trinajstić information content (AvgIpc) is 2.53. The maximum Gasteiger partial charge on any atom is 0.184 e. The Kier molecular flexibility index (Phi) is 2.34. The lowest BCUT2D eigenvalue weighted by Gasteiger charge is -2.09. The Labute approximate surface area is 78.5 Å². The van der Waals surface area contributed by atoms with Crippen LogP contribution in [-0.4, -0.2) is 12.7 Å². The van der Waals surface area contributed by atoms with Crippen LogP contribution in [0.4, 0.5) is 0 Å². The Balaban J connectivity index is 2.13. The first-order chi connectivity index (χ1) is 6.25. The van der Waals surface area contributed by atoms with Crippen molar-refractivity contribution in [2.24, 2.45) is 0 Å². The van der Waals surface area contributed by atoms with Crippen molar-refractivity contribution in [3.8, 4) is 0 Å². The second kappa shape index (κ2) is 3.48. The van der Waals surface area contributed by atoms with Gasteiger partial charge in [0.2, 0.25) is 0 Å². The largest absolute Gasteiger partial charge is 0.346 e. The third-order valence-corrected chi connectivity index (χ3v) is 2.19. The van der Waals surface area contributed by atoms with Gasteiger partial charge < -0.3 is 9.47 Å². The van der Waals surface area contributed by atoms with Crippen LogP contribution in [0.1, 0.15) is 24.3 Å². The molecule has 0 amide bonds. The van der Waals surface area contributed by atoms with Gasteiger partial charge >= 0.3 is 0 Å². The van der Waals surface area contributed by atoms with Gasteiger partial charge in [0.15, 0.2) is 6.29 Å². The van der Waals surface area contributed by atoms with Gasteiger partial charge in [-0.2, -0.15) is 0 Å². The molecule has 0 spiro atoms. The van der Waals surface area contributed by atoms with E-state index in [-0.39, 0.29) is 12.4 Å². The van der Waals surface area contributed by atoms with Gasteiger partial charge in [0.1, 0.15) is 0 Å². The van der Waals surface area contributed by atoms with E-state index in [0.29, 0.717) is 6.61 Å². The van der Waals surface area contributed by atoms with E-state index in [4.69, 9.17) is 9.47 Å². The van der Waals surface area contributed by atoms with Crippen LogP contribution in [0.15, 0.2) is 24.3 Å². The predicted octanol–water partition coefficient (Wildman–Crippen LogP) is 2.43. The van der Waals surface area contributed by atoms with Gasteiger partial charge in [0.05, 0.1) is 12.7 Å². The quantitative estimate of drug-likeness (QED) is 0.657. The van der Waals surface area contributed by atoms with Crippen LogP contribution < -0.4 is 0 Å². The van der Waals surface area contributed by atoms with E-state index in [0.717, 1.165) is 5.56 Å². The Bertz CT molecular complexity index is 279. The molecule has 0 aromatic heterocycles. The molecule has 0 radical (unpaired) electrons. The number of rotatable bonds is 1. The van der Waals surface area contributed by atoms with Crippen molar-refractivity contribution in [1.82, 2.24) is 0 Å². The van der Waals surface area contributed by atoms with Crippen LogP contribution in [0.3, 0.4) is 0 Å². The fourth-order valence-corrected chi connectivity index (χ4v) is 1.41. The Morgan fingerprint density at radius 2 is 1.92 bits per heavy atom. The lowest BCUT2D eigenvalue weighted by atomic mass is 10.1. The second-order valence-corrected chi connectivity index (χ2v) is 3.52. The highest BCUT2D eigenvalue weighted by atomic mass is 16.7. The summed E-state index contributed by atoms with van der Waals surface area (Å²) in [4.78, 5) is 0. The normalized spacial score (nSPS) is 27.8. The summed E-state index contributed by atoms with van der Waals surface area (Å²) < 4.78 is 11.0. The summed E-state index contributed by atoms with van der Waals surface area (Å²) in [7, 11) is 0. The third kappa shape index (κ3) is 1.90. The first kappa shape index (κ1) is 8.73. The van der Waals surface area contributed by atoms with Crippen LogP contribution >= 0.6 is 0 Å². The van der Waals surface area contributed by atoms with Crippen molar-refractivity contribution in [1.29, 1.82) is 0 Å². The van der Waals surface area contributed by atoms with Gasteiger partial charge in [-0.05, 0) is 13.8 Å². The maximum absolute atomic E-state index is 5.56. The summed E-state index contributed by atoms with van der Waals surface area (Å²) in [5.41, 5.74) is 2.37. The zero-order chi connectivity index (χ0) is 9.26. The maximum atomic E-state index is 5.56. The summed E-state index contributed by atoms with van der Waals surface area (Å²) in [6.07, 6.45) is 0.0573. The number of hydrogen-bond donors (Lipinski definition) is 0. The van der Waals surface area contributed by atoms with Gasteiger partial charge in [-0.1, -0.05) is 29.8 Å². The molecule has 2 atom stereocenters. The molecule has 13 heavy (non-hydrogen) atoms. The van der Waals surface area contributed by atoms with Crippen molar-refractivity contribution in [2.75, 3.05) is 6.61 Å². The molecule has 1 heterocycles. The first-order valence-corrected chi connectivity index (χ1v) is 4.59. The molecular weight excluding hydrogens is 164 g/mol. The Morgan fingerprint density at radius 1 is 1.23 bits per heavy atom. The first-order valence-electron chi connectivity index (χ1n) is 4.59. The van der Waals surface area contributed by atoms with Gasteiger partial charge in [-0.3, -0.25) is 0 Å². The van der Waals surface area contributed by atoms with Crippen LogP contribution in [-0.2, 0) is 9.47 Å². The molecule has 0 unspecified atom stereocenters. The minimum atomic E-state index is -0.157. The van der Waals surface area contributed by atoms with E-state index in [1.807, 2.05) is 6.92 Å². The topological polar surface area (TPSA) is 18.5 Å². The zero-order valence-corrected chi connectivity index (χ0v) is 7.99. The van der Waals surface area contributed by atoms with Gasteiger partial charge in [0.25, 0.3) is 0 Å². The number of aryl methyl sites for hydroxylation is 1. The monoisotopic (exact) mass is 178 g/mol. The van der Waals surface area contributed by atoms with Crippen molar-refractivity contribution < 1.29 is 9.47 Å². The highest BCUT2D eigenvalue weighted by Gasteiger charge is 2.23. The van der Waals surface area contributed by atoms with E-state index in [1.54, 1.807) is 0 Å². The molecule has 0 N–H and O–H groups in total. The smallest absolute Gasteiger partial charge is 0.184 e. The molecule has 1 aromatic rings. The molecule has 1 aliphatic rings. The van der Waals surface area contributed by atoms with Crippen LogP contribution in [0, 0.1) is 6.92 Å². The zero-order valence-electron chi connectivity index (χ0n) is 7.99. The molecule has 2 nitrogen and oxygen atoms in total. The lowest BCUT2D eigenvalue weighted by Crippen LogP contribution is -2.02. The molecule has 0 aliphatic carbocycles. The molecule has 1 fully saturated rings. The highest BCUT2D eigenvalue weighted by Crippen LogP contribution is 2.26. The van der Waals surface area contributed by atoms with E-state index in [9.17, 15) is 0 Å². The minimum Gasteiger partial charge on any atom is -0.346 e. The van der Waals surface area contributed by atoms with E-state index >= 15 is 0 Å². The average molecular weight is 178 g/mol. The third-order valence-electron chi connectivity index (χ3n) is 2.19. The molecular formula is C11H14O2. The van der Waals surface area contributed by atoms with Gasteiger partial charge in [-0.15, -0.1) is 0 Å². The van der Waals surface area contributed by atoms with E-state index < -0.39 is 0 Å². The van der Waals surface area contributed by atoms with Crippen molar-refractivity contribution in [2.45, 2.75) is 26.2 Å². The van der Waals surface area contributed by atoms with Crippen molar-refractivity contribution in [3.63, 3.8) is 0 Å². The molecule has 2 heteroatoms. The summed E-state index contributed by atoms with van der Waals surface area (Å²) >= 11 is 0. The number of benzene rings is 1. The summed E-state index contributed by atoms with van der Waals surface area (Å²) in [6, 6.07) is 8.26. The molecule has 2 rings (SSSR count). The Hall–Kier alpha value is -0.860. The van der Waals surface area contributed by atoms with E-state index in [1.165, 1.54) is 5.56 Å². The van der Waals surface area contributed by atoms with Crippen molar-refractivity contribution in [3.05, 3.63) is 35.4 Å². The number of hydrogen-bond acceptors (Lipinski definition) is 2. The molecule has 1 saturated heterocycles. The van der Waals surface area contributed by atoms with E-state index in [2.05, 4.69) is 31.2 Å². The van der Waals surface area contributed by atoms with Gasteiger partial charge in [-0.25, -0.2) is 0 Å². The van der Waals surface area contributed by atoms with Crippen LogP contribution in [0.25, 0.3) is 0 Å². The number of ether oxygens (including phenoxy) is 2. The fraction of sp³-hybridized carbons (Fsp3) is 0.455. The van der Waals surface area contributed by atoms with Crippen LogP contribution in [0.5, 0.6) is 0 Å². The standard InChI is InChI=1S/C11H14O2/c1-8-3-5-10(6-4-8)11-12-7-9(2)13-11/h3-6,9,11H,7H2,1-2H3/t9-,11-/m0/s1. The molecule has 1 aromatic carbocycles. The lowest BCUT2D eigenvalue weighted by molar-refractivity contribution is -0.0572.